The summed E-state index contributed by atoms with van der Waals surface area (Å²) >= 11 is 12.3. The van der Waals surface area contributed by atoms with Gasteiger partial charge in [-0.05, 0) is 37.3 Å². The fourth-order valence-electron chi connectivity index (χ4n) is 3.26. The highest BCUT2D eigenvalue weighted by Gasteiger charge is 2.22. The summed E-state index contributed by atoms with van der Waals surface area (Å²) in [5, 5.41) is 4.14. The summed E-state index contributed by atoms with van der Waals surface area (Å²) in [5.74, 6) is -0.458. The highest BCUT2D eigenvalue weighted by molar-refractivity contribution is 6.40. The average Bonchev–Trinajstić information content (AvgIpc) is 3.18. The van der Waals surface area contributed by atoms with Crippen LogP contribution in [0.25, 0.3) is 21.9 Å². The van der Waals surface area contributed by atoms with Crippen LogP contribution in [0.1, 0.15) is 27.6 Å². The number of furan rings is 1. The van der Waals surface area contributed by atoms with Gasteiger partial charge in [-0.1, -0.05) is 23.2 Å². The molecule has 0 saturated carbocycles. The normalized spacial score (nSPS) is 11.0. The molecular formula is C22H17Cl2N3O5. The van der Waals surface area contributed by atoms with Crippen molar-refractivity contribution in [3.63, 3.8) is 0 Å². The predicted molar refractivity (Wildman–Crippen MR) is 122 cm³/mol. The number of ether oxygens (including phenoxy) is 1. The number of aromatic nitrogens is 1. The molecule has 0 radical (unpaired) electrons. The van der Waals surface area contributed by atoms with Crippen LogP contribution in [-0.2, 0) is 4.84 Å². The molecule has 0 unspecified atom stereocenters. The average molecular weight is 474 g/mol. The van der Waals surface area contributed by atoms with Gasteiger partial charge in [-0.25, -0.2) is 5.48 Å². The monoisotopic (exact) mass is 473 g/mol. The molecule has 2 aromatic heterocycles. The number of hydrogen-bond acceptors (Lipinski definition) is 6. The first-order valence-electron chi connectivity index (χ1n) is 9.50. The highest BCUT2D eigenvalue weighted by atomic mass is 35.5. The predicted octanol–water partition coefficient (Wildman–Crippen LogP) is 5.23. The van der Waals surface area contributed by atoms with E-state index in [0.29, 0.717) is 39.9 Å². The number of nitrogens with zero attached hydrogens (tertiary/aromatic N) is 1. The lowest BCUT2D eigenvalue weighted by Gasteiger charge is -2.10. The minimum absolute atomic E-state index is 0.197. The van der Waals surface area contributed by atoms with Crippen LogP contribution in [0.2, 0.25) is 10.0 Å². The van der Waals surface area contributed by atoms with Crippen molar-refractivity contribution in [1.82, 2.24) is 10.5 Å². The summed E-state index contributed by atoms with van der Waals surface area (Å²) in [6, 6.07) is 8.09. The zero-order chi connectivity index (χ0) is 22.8. The van der Waals surface area contributed by atoms with Crippen LogP contribution in [0.15, 0.2) is 47.1 Å². The Morgan fingerprint density at radius 1 is 1.09 bits per heavy atom. The standard InChI is InChI=1S/C22H17Cl2N3O5/c1-3-31-27-21(28)11-4-6-16-13(8-11)18-12(5-7-17(30-2)20(18)32-16)22(29)26-19-14(23)9-25-10-15(19)24/h4-10H,3H2,1-2H3,(H,27,28)(H,25,26,29). The molecule has 0 fully saturated rings. The molecule has 164 valence electrons. The molecule has 0 aliphatic rings. The Kier molecular flexibility index (Phi) is 6.18. The molecule has 0 spiro atoms. The van der Waals surface area contributed by atoms with E-state index in [0.717, 1.165) is 0 Å². The Hall–Kier alpha value is -3.33. The lowest BCUT2D eigenvalue weighted by atomic mass is 10.0. The van der Waals surface area contributed by atoms with Crippen molar-refractivity contribution in [2.45, 2.75) is 6.92 Å². The van der Waals surface area contributed by atoms with Crippen molar-refractivity contribution < 1.29 is 23.6 Å². The Morgan fingerprint density at radius 3 is 2.53 bits per heavy atom. The molecule has 2 amide bonds. The van der Waals surface area contributed by atoms with Gasteiger partial charge in [0.1, 0.15) is 5.58 Å². The number of pyridine rings is 1. The van der Waals surface area contributed by atoms with Crippen LogP contribution in [-0.4, -0.2) is 30.5 Å². The molecule has 4 aromatic rings. The Bertz CT molecular complexity index is 1330. The second-order valence-corrected chi connectivity index (χ2v) is 7.44. The van der Waals surface area contributed by atoms with Crippen molar-refractivity contribution in [3.8, 4) is 5.75 Å². The molecule has 0 aliphatic heterocycles. The molecule has 4 rings (SSSR count). The number of methoxy groups -OCH3 is 1. The minimum Gasteiger partial charge on any atom is -0.493 e. The van der Waals surface area contributed by atoms with E-state index in [2.05, 4.69) is 15.8 Å². The third-order valence-corrected chi connectivity index (χ3v) is 5.28. The van der Waals surface area contributed by atoms with Crippen molar-refractivity contribution >= 4 is 62.6 Å². The molecule has 2 aromatic carbocycles. The summed E-state index contributed by atoms with van der Waals surface area (Å²) in [6.07, 6.45) is 2.76. The number of nitrogens with one attached hydrogen (secondary N) is 2. The Balaban J connectivity index is 1.86. The smallest absolute Gasteiger partial charge is 0.274 e. The maximum Gasteiger partial charge on any atom is 0.274 e. The van der Waals surface area contributed by atoms with Crippen molar-refractivity contribution in [2.24, 2.45) is 0 Å². The number of rotatable bonds is 6. The number of fused-ring (bicyclic) bond motifs is 3. The zero-order valence-electron chi connectivity index (χ0n) is 17.0. The van der Waals surface area contributed by atoms with E-state index in [-0.39, 0.29) is 21.3 Å². The van der Waals surface area contributed by atoms with Crippen molar-refractivity contribution in [1.29, 1.82) is 0 Å². The SMILES string of the molecule is CCONC(=O)c1ccc2oc3c(OC)ccc(C(=O)Nc4c(Cl)cncc4Cl)c3c2c1. The molecule has 10 heteroatoms. The zero-order valence-corrected chi connectivity index (χ0v) is 18.5. The number of hydroxylamine groups is 1. The summed E-state index contributed by atoms with van der Waals surface area (Å²) in [5.41, 5.74) is 4.05. The van der Waals surface area contributed by atoms with Gasteiger partial charge in [-0.3, -0.25) is 19.4 Å². The Labute approximate surface area is 192 Å². The van der Waals surface area contributed by atoms with Gasteiger partial charge in [-0.2, -0.15) is 0 Å². The summed E-state index contributed by atoms with van der Waals surface area (Å²) in [4.78, 5) is 34.4. The fraction of sp³-hybridized carbons (Fsp3) is 0.136. The lowest BCUT2D eigenvalue weighted by Crippen LogP contribution is -2.23. The van der Waals surface area contributed by atoms with Gasteiger partial charge in [0.25, 0.3) is 11.8 Å². The van der Waals surface area contributed by atoms with Gasteiger partial charge < -0.3 is 14.5 Å². The summed E-state index contributed by atoms with van der Waals surface area (Å²) in [6.45, 7) is 2.08. The van der Waals surface area contributed by atoms with Crippen LogP contribution in [0, 0.1) is 0 Å². The van der Waals surface area contributed by atoms with Crippen LogP contribution < -0.4 is 15.5 Å². The first kappa shape index (κ1) is 21.9. The molecule has 2 heterocycles. The molecule has 0 saturated heterocycles. The lowest BCUT2D eigenvalue weighted by molar-refractivity contribution is 0.0364. The van der Waals surface area contributed by atoms with Crippen LogP contribution in [0.5, 0.6) is 5.75 Å². The number of hydrogen-bond donors (Lipinski definition) is 2. The number of benzene rings is 2. The second kappa shape index (κ2) is 9.04. The molecule has 8 nitrogen and oxygen atoms in total. The molecule has 2 N–H and O–H groups in total. The van der Waals surface area contributed by atoms with Gasteiger partial charge in [-0.15, -0.1) is 0 Å². The first-order valence-corrected chi connectivity index (χ1v) is 10.3. The van der Waals surface area contributed by atoms with Crippen LogP contribution in [0.4, 0.5) is 5.69 Å². The second-order valence-electron chi connectivity index (χ2n) is 6.63. The number of carbonyl (C=O) groups excluding carboxylic acids is 2. The van der Waals surface area contributed by atoms with E-state index in [4.69, 9.17) is 37.2 Å². The van der Waals surface area contributed by atoms with E-state index >= 15 is 0 Å². The van der Waals surface area contributed by atoms with Crippen LogP contribution >= 0.6 is 23.2 Å². The minimum atomic E-state index is -0.473. The molecule has 32 heavy (non-hydrogen) atoms. The van der Waals surface area contributed by atoms with E-state index in [1.807, 2.05) is 0 Å². The van der Waals surface area contributed by atoms with Crippen molar-refractivity contribution in [3.05, 3.63) is 63.9 Å². The fourth-order valence-corrected chi connectivity index (χ4v) is 3.72. The molecule has 0 aliphatic carbocycles. The third kappa shape index (κ3) is 3.95. The Morgan fingerprint density at radius 2 is 1.84 bits per heavy atom. The number of carbonyl (C=O) groups is 2. The van der Waals surface area contributed by atoms with Gasteiger partial charge in [0.05, 0.1) is 35.0 Å². The molecule has 0 bridgehead atoms. The summed E-state index contributed by atoms with van der Waals surface area (Å²) < 4.78 is 11.4. The third-order valence-electron chi connectivity index (χ3n) is 4.71. The van der Waals surface area contributed by atoms with E-state index < -0.39 is 11.8 Å². The number of halogens is 2. The first-order chi connectivity index (χ1) is 15.4. The van der Waals surface area contributed by atoms with Crippen molar-refractivity contribution in [2.75, 3.05) is 19.0 Å². The van der Waals surface area contributed by atoms with Gasteiger partial charge in [0.2, 0.25) is 0 Å². The van der Waals surface area contributed by atoms with Gasteiger partial charge in [0, 0.05) is 28.7 Å². The number of anilines is 1. The number of amides is 2. The molecule has 0 atom stereocenters. The maximum atomic E-state index is 13.2. The quantitative estimate of drug-likeness (QED) is 0.371. The highest BCUT2D eigenvalue weighted by Crippen LogP contribution is 2.38. The van der Waals surface area contributed by atoms with Gasteiger partial charge in [0.15, 0.2) is 11.3 Å². The maximum absolute atomic E-state index is 13.2. The van der Waals surface area contributed by atoms with E-state index in [1.54, 1.807) is 37.3 Å². The van der Waals surface area contributed by atoms with Crippen LogP contribution in [0.3, 0.4) is 0 Å². The largest absolute Gasteiger partial charge is 0.493 e. The van der Waals surface area contributed by atoms with E-state index in [1.165, 1.54) is 19.5 Å². The van der Waals surface area contributed by atoms with Gasteiger partial charge >= 0.3 is 0 Å². The summed E-state index contributed by atoms with van der Waals surface area (Å²) in [7, 11) is 1.50. The molecular weight excluding hydrogens is 457 g/mol. The van der Waals surface area contributed by atoms with E-state index in [9.17, 15) is 9.59 Å². The topological polar surface area (TPSA) is 103 Å².